The van der Waals surface area contributed by atoms with Crippen molar-refractivity contribution in [3.8, 4) is 10.7 Å². The van der Waals surface area contributed by atoms with Crippen molar-refractivity contribution in [2.45, 2.75) is 12.5 Å². The smallest absolute Gasteiger partial charge is 0.261 e. The van der Waals surface area contributed by atoms with Crippen molar-refractivity contribution >= 4 is 55.1 Å². The summed E-state index contributed by atoms with van der Waals surface area (Å²) in [7, 11) is 0. The van der Waals surface area contributed by atoms with E-state index in [0.29, 0.717) is 33.4 Å². The maximum atomic E-state index is 13.0. The van der Waals surface area contributed by atoms with Crippen LogP contribution in [-0.4, -0.2) is 49.5 Å². The van der Waals surface area contributed by atoms with Crippen molar-refractivity contribution < 1.29 is 9.59 Å². The lowest BCUT2D eigenvalue weighted by atomic mass is 10.1. The number of pyridine rings is 2. The summed E-state index contributed by atoms with van der Waals surface area (Å²) >= 11 is 4.88. The summed E-state index contributed by atoms with van der Waals surface area (Å²) in [6.45, 7) is 0.199. The average molecular weight is 571 g/mol. The zero-order valence-electron chi connectivity index (χ0n) is 19.3. The monoisotopic (exact) mass is 570 g/mol. The number of carbonyl (C=O) groups is 2. The van der Waals surface area contributed by atoms with Crippen LogP contribution in [-0.2, 0) is 6.42 Å². The number of nitrogens with one attached hydrogen (secondary N) is 1. The molecule has 1 atom stereocenters. The highest BCUT2D eigenvalue weighted by atomic mass is 79.9. The van der Waals surface area contributed by atoms with Crippen LogP contribution in [0.2, 0.25) is 0 Å². The Balaban J connectivity index is 1.26. The molecule has 37 heavy (non-hydrogen) atoms. The number of fused-ring (bicyclic) bond motifs is 2. The van der Waals surface area contributed by atoms with Crippen molar-refractivity contribution in [1.82, 2.24) is 25.1 Å². The third-order valence-electron chi connectivity index (χ3n) is 6.13. The summed E-state index contributed by atoms with van der Waals surface area (Å²) < 4.78 is 0.804. The van der Waals surface area contributed by atoms with Crippen LogP contribution < -0.4 is 5.32 Å². The highest BCUT2D eigenvalue weighted by Crippen LogP contribution is 2.30. The minimum Gasteiger partial charge on any atom is -0.355 e. The number of halogens is 1. The molecule has 5 aromatic rings. The molecular formula is C27H19BrN6O2S. The molecule has 1 unspecified atom stereocenters. The van der Waals surface area contributed by atoms with E-state index in [-0.39, 0.29) is 24.4 Å². The lowest BCUT2D eigenvalue weighted by Gasteiger charge is -2.23. The number of aromatic nitrogens is 4. The quantitative estimate of drug-likeness (QED) is 0.267. The van der Waals surface area contributed by atoms with E-state index >= 15 is 0 Å². The van der Waals surface area contributed by atoms with Crippen molar-refractivity contribution in [3.05, 3.63) is 100 Å². The largest absolute Gasteiger partial charge is 0.355 e. The molecule has 2 aromatic carbocycles. The van der Waals surface area contributed by atoms with E-state index in [0.717, 1.165) is 20.9 Å². The Morgan fingerprint density at radius 2 is 1.62 bits per heavy atom. The Hall–Kier alpha value is -4.02. The summed E-state index contributed by atoms with van der Waals surface area (Å²) in [5.74, 6) is -0.558. The number of carbonyl (C=O) groups excluding carboxylic acids is 2. The van der Waals surface area contributed by atoms with Gasteiger partial charge >= 0.3 is 0 Å². The summed E-state index contributed by atoms with van der Waals surface area (Å²) in [4.78, 5) is 36.2. The first-order chi connectivity index (χ1) is 18.1. The minimum absolute atomic E-state index is 0.199. The van der Waals surface area contributed by atoms with E-state index in [4.69, 9.17) is 4.98 Å². The predicted molar refractivity (Wildman–Crippen MR) is 146 cm³/mol. The van der Waals surface area contributed by atoms with Crippen LogP contribution >= 0.6 is 27.3 Å². The fourth-order valence-electron chi connectivity index (χ4n) is 4.37. The molecule has 0 saturated heterocycles. The predicted octanol–water partition coefficient (Wildman–Crippen LogP) is 5.23. The third-order valence-corrected chi connectivity index (χ3v) is 7.59. The fraction of sp³-hybridized carbons (Fsp3) is 0.111. The Morgan fingerprint density at radius 3 is 2.38 bits per heavy atom. The van der Waals surface area contributed by atoms with Gasteiger partial charge in [-0.15, -0.1) is 10.2 Å². The van der Waals surface area contributed by atoms with E-state index in [1.807, 2.05) is 42.5 Å². The number of imide groups is 1. The van der Waals surface area contributed by atoms with Crippen LogP contribution in [0.4, 0.5) is 5.13 Å². The number of anilines is 1. The van der Waals surface area contributed by atoms with Crippen molar-refractivity contribution in [2.75, 3.05) is 11.9 Å². The molecule has 6 rings (SSSR count). The van der Waals surface area contributed by atoms with Gasteiger partial charge in [0.25, 0.3) is 11.8 Å². The lowest BCUT2D eigenvalue weighted by molar-refractivity contribution is 0.0647. The molecule has 0 aliphatic carbocycles. The molecule has 8 nitrogen and oxygen atoms in total. The van der Waals surface area contributed by atoms with Gasteiger partial charge < -0.3 is 5.32 Å². The van der Waals surface area contributed by atoms with Crippen LogP contribution in [0.25, 0.3) is 21.6 Å². The zero-order valence-corrected chi connectivity index (χ0v) is 21.7. The van der Waals surface area contributed by atoms with Crippen molar-refractivity contribution in [2.24, 2.45) is 0 Å². The maximum absolute atomic E-state index is 13.0. The molecule has 1 aliphatic rings. The molecule has 0 saturated carbocycles. The summed E-state index contributed by atoms with van der Waals surface area (Å²) in [5, 5.41) is 14.3. The standard InChI is InChI=1S/C27H19BrN6O2S/c28-21-14-29-13-17-10-11-22(31-23(17)21)24-32-33-27(37-24)30-18(12-16-6-2-1-3-7-16)15-34-25(35)19-8-4-5-9-20(19)26(34)36/h1-11,13-14,18H,12,15H2,(H,30,33). The van der Waals surface area contributed by atoms with E-state index < -0.39 is 0 Å². The number of hydrogen-bond acceptors (Lipinski definition) is 8. The second kappa shape index (κ2) is 9.79. The molecule has 182 valence electrons. The Bertz CT molecular complexity index is 1610. The molecule has 0 radical (unpaired) electrons. The molecular weight excluding hydrogens is 552 g/mol. The summed E-state index contributed by atoms with van der Waals surface area (Å²) in [6, 6.07) is 20.4. The van der Waals surface area contributed by atoms with Crippen LogP contribution in [0, 0.1) is 0 Å². The first kappa shape index (κ1) is 23.4. The van der Waals surface area contributed by atoms with Crippen molar-refractivity contribution in [1.29, 1.82) is 0 Å². The minimum atomic E-state index is -0.279. The summed E-state index contributed by atoms with van der Waals surface area (Å²) in [6.07, 6.45) is 4.06. The molecule has 0 bridgehead atoms. The van der Waals surface area contributed by atoms with Gasteiger partial charge in [0.2, 0.25) is 5.13 Å². The third kappa shape index (κ3) is 4.61. The number of hydrogen-bond donors (Lipinski definition) is 1. The van der Waals surface area contributed by atoms with Gasteiger partial charge in [-0.1, -0.05) is 53.8 Å². The van der Waals surface area contributed by atoms with Gasteiger partial charge in [0.15, 0.2) is 5.01 Å². The Labute approximate surface area is 224 Å². The number of benzene rings is 2. The first-order valence-corrected chi connectivity index (χ1v) is 13.2. The highest BCUT2D eigenvalue weighted by molar-refractivity contribution is 9.10. The van der Waals surface area contributed by atoms with Gasteiger partial charge in [-0.05, 0) is 52.2 Å². The van der Waals surface area contributed by atoms with E-state index in [1.165, 1.54) is 16.2 Å². The van der Waals surface area contributed by atoms with Gasteiger partial charge in [0.05, 0.1) is 27.2 Å². The van der Waals surface area contributed by atoms with Crippen LogP contribution in [0.15, 0.2) is 83.6 Å². The molecule has 0 fully saturated rings. The van der Waals surface area contributed by atoms with Crippen LogP contribution in [0.5, 0.6) is 0 Å². The van der Waals surface area contributed by atoms with Crippen molar-refractivity contribution in [3.63, 3.8) is 0 Å². The van der Waals surface area contributed by atoms with E-state index in [1.54, 1.807) is 36.7 Å². The molecule has 1 aliphatic heterocycles. The first-order valence-electron chi connectivity index (χ1n) is 11.6. The van der Waals surface area contributed by atoms with Crippen LogP contribution in [0.1, 0.15) is 26.3 Å². The number of amides is 2. The van der Waals surface area contributed by atoms with Gasteiger partial charge in [0.1, 0.15) is 5.69 Å². The van der Waals surface area contributed by atoms with E-state index in [9.17, 15) is 9.59 Å². The molecule has 1 N–H and O–H groups in total. The van der Waals surface area contributed by atoms with Gasteiger partial charge in [-0.25, -0.2) is 4.98 Å². The SMILES string of the molecule is O=C1c2ccccc2C(=O)N1CC(Cc1ccccc1)Nc1nnc(-c2ccc3cncc(Br)c3n2)s1. The topological polar surface area (TPSA) is 101 Å². The Morgan fingerprint density at radius 1 is 0.892 bits per heavy atom. The molecule has 3 aromatic heterocycles. The van der Waals surface area contributed by atoms with Gasteiger partial charge in [0, 0.05) is 24.3 Å². The maximum Gasteiger partial charge on any atom is 0.261 e. The molecule has 10 heteroatoms. The fourth-order valence-corrected chi connectivity index (χ4v) is 5.60. The summed E-state index contributed by atoms with van der Waals surface area (Å²) in [5.41, 5.74) is 3.45. The van der Waals surface area contributed by atoms with Crippen LogP contribution in [0.3, 0.4) is 0 Å². The molecule has 0 spiro atoms. The second-order valence-electron chi connectivity index (χ2n) is 8.60. The normalized spacial score (nSPS) is 13.7. The zero-order chi connectivity index (χ0) is 25.4. The Kier molecular flexibility index (Phi) is 6.19. The number of nitrogens with zero attached hydrogens (tertiary/aromatic N) is 5. The highest BCUT2D eigenvalue weighted by Gasteiger charge is 2.36. The molecule has 2 amide bonds. The van der Waals surface area contributed by atoms with Gasteiger partial charge in [-0.2, -0.15) is 0 Å². The average Bonchev–Trinajstić information content (AvgIpc) is 3.48. The number of rotatable bonds is 7. The molecule has 4 heterocycles. The lowest BCUT2D eigenvalue weighted by Crippen LogP contribution is -2.41. The second-order valence-corrected chi connectivity index (χ2v) is 10.4. The van der Waals surface area contributed by atoms with E-state index in [2.05, 4.69) is 36.4 Å². The van der Waals surface area contributed by atoms with Gasteiger partial charge in [-0.3, -0.25) is 19.5 Å².